The highest BCUT2D eigenvalue weighted by Gasteiger charge is 2.21. The number of benzene rings is 1. The predicted molar refractivity (Wildman–Crippen MR) is 62.1 cm³/mol. The number of nitrogens with one attached hydrogen (secondary N) is 2. The molecule has 0 saturated carbocycles. The van der Waals surface area contributed by atoms with Crippen LogP contribution in [0.15, 0.2) is 18.2 Å². The number of rotatable bonds is 3. The maximum Gasteiger partial charge on any atom is 0.268 e. The highest BCUT2D eigenvalue weighted by Crippen LogP contribution is 2.30. The Hall–Kier alpha value is -1.27. The Labute approximate surface area is 94.9 Å². The number of anilines is 1. The largest absolute Gasteiger partial charge is 0.474 e. The molecule has 0 saturated heterocycles. The van der Waals surface area contributed by atoms with Gasteiger partial charge in [-0.15, -0.1) is 0 Å². The lowest BCUT2D eigenvalue weighted by atomic mass is 10.1. The average Bonchev–Trinajstić information content (AvgIpc) is 2.24. The Morgan fingerprint density at radius 1 is 1.50 bits per heavy atom. The van der Waals surface area contributed by atoms with Gasteiger partial charge in [-0.2, -0.15) is 0 Å². The molecule has 2 rings (SSSR count). The molecule has 6 heteroatoms. The van der Waals surface area contributed by atoms with Crippen LogP contribution in [0.2, 0.25) is 0 Å². The van der Waals surface area contributed by atoms with Gasteiger partial charge in [0.05, 0.1) is 5.69 Å². The van der Waals surface area contributed by atoms with Crippen LogP contribution >= 0.6 is 0 Å². The quantitative estimate of drug-likeness (QED) is 0.812. The number of ether oxygens (including phenoxy) is 1. The fourth-order valence-corrected chi connectivity index (χ4v) is 2.38. The topological polar surface area (TPSA) is 67.4 Å². The minimum Gasteiger partial charge on any atom is -0.474 e. The van der Waals surface area contributed by atoms with Crippen LogP contribution < -0.4 is 14.8 Å². The van der Waals surface area contributed by atoms with Gasteiger partial charge in [0.15, 0.2) is 0 Å². The second-order valence-corrected chi connectivity index (χ2v) is 5.33. The number of hydrogen-bond acceptors (Lipinski definition) is 4. The average molecular weight is 242 g/mol. The summed E-state index contributed by atoms with van der Waals surface area (Å²) in [6.07, 6.45) is 0.853. The van der Waals surface area contributed by atoms with Gasteiger partial charge >= 0.3 is 0 Å². The van der Waals surface area contributed by atoms with Gasteiger partial charge in [0.25, 0.3) is 10.0 Å². The normalized spacial score (nSPS) is 17.1. The van der Waals surface area contributed by atoms with Crippen molar-refractivity contribution in [2.24, 2.45) is 0 Å². The Bertz CT molecular complexity index is 485. The molecule has 2 N–H and O–H groups in total. The van der Waals surface area contributed by atoms with Gasteiger partial charge in [-0.3, -0.25) is 4.72 Å². The summed E-state index contributed by atoms with van der Waals surface area (Å²) < 4.78 is 30.2. The fraction of sp³-hybridized carbons (Fsp3) is 0.400. The van der Waals surface area contributed by atoms with E-state index in [2.05, 4.69) is 10.0 Å². The second-order valence-electron chi connectivity index (χ2n) is 3.66. The summed E-state index contributed by atoms with van der Waals surface area (Å²) in [4.78, 5) is 0. The van der Waals surface area contributed by atoms with E-state index in [0.717, 1.165) is 18.5 Å². The first-order chi connectivity index (χ1) is 7.61. The van der Waals surface area contributed by atoms with Gasteiger partial charge in [-0.25, -0.2) is 8.42 Å². The molecule has 5 nitrogen and oxygen atoms in total. The highest BCUT2D eigenvalue weighted by atomic mass is 32.2. The first-order valence-corrected chi connectivity index (χ1v) is 6.67. The van der Waals surface area contributed by atoms with Crippen molar-refractivity contribution in [3.63, 3.8) is 0 Å². The molecule has 0 aliphatic carbocycles. The van der Waals surface area contributed by atoms with E-state index in [1.54, 1.807) is 6.07 Å². The van der Waals surface area contributed by atoms with Gasteiger partial charge in [0, 0.05) is 0 Å². The number of likely N-dealkylation sites (N-methyl/N-ethyl adjacent to an activating group) is 1. The molecule has 0 amide bonds. The van der Waals surface area contributed by atoms with Crippen LogP contribution in [-0.2, 0) is 16.4 Å². The molecule has 1 aliphatic heterocycles. The van der Waals surface area contributed by atoms with Gasteiger partial charge in [-0.1, -0.05) is 6.07 Å². The zero-order chi connectivity index (χ0) is 11.6. The summed E-state index contributed by atoms with van der Waals surface area (Å²) >= 11 is 0. The van der Waals surface area contributed by atoms with Crippen LogP contribution in [0.1, 0.15) is 5.56 Å². The lowest BCUT2D eigenvalue weighted by Gasteiger charge is -2.19. The minimum absolute atomic E-state index is 0.310. The van der Waals surface area contributed by atoms with Crippen LogP contribution in [0.5, 0.6) is 5.75 Å². The summed E-state index contributed by atoms with van der Waals surface area (Å²) in [7, 11) is -1.44. The van der Waals surface area contributed by atoms with Gasteiger partial charge < -0.3 is 10.1 Å². The van der Waals surface area contributed by atoms with E-state index < -0.39 is 10.0 Å². The van der Waals surface area contributed by atoms with Crippen molar-refractivity contribution in [2.75, 3.05) is 24.3 Å². The minimum atomic E-state index is -3.32. The molecule has 0 radical (unpaired) electrons. The van der Waals surface area contributed by atoms with Crippen LogP contribution in [-0.4, -0.2) is 27.9 Å². The molecular formula is C10H14N2O3S. The molecule has 0 unspecified atom stereocenters. The molecule has 0 aromatic heterocycles. The molecule has 1 heterocycles. The Morgan fingerprint density at radius 2 is 2.31 bits per heavy atom. The Balaban J connectivity index is 2.24. The molecule has 0 spiro atoms. The maximum absolute atomic E-state index is 11.3. The third kappa shape index (κ3) is 2.45. The third-order valence-electron chi connectivity index (χ3n) is 2.34. The molecule has 1 aliphatic rings. The summed E-state index contributed by atoms with van der Waals surface area (Å²) in [5.41, 5.74) is 1.60. The van der Waals surface area contributed by atoms with E-state index in [1.807, 2.05) is 19.2 Å². The monoisotopic (exact) mass is 242 g/mol. The van der Waals surface area contributed by atoms with Crippen LogP contribution in [0.4, 0.5) is 5.69 Å². The Morgan fingerprint density at radius 3 is 3.06 bits per heavy atom. The summed E-state index contributed by atoms with van der Waals surface area (Å²) in [6, 6.07) is 5.54. The lowest BCUT2D eigenvalue weighted by molar-refractivity contribution is 0.374. The molecule has 1 aromatic rings. The first-order valence-electron chi connectivity index (χ1n) is 5.01. The van der Waals surface area contributed by atoms with Crippen molar-refractivity contribution < 1.29 is 13.2 Å². The summed E-state index contributed by atoms with van der Waals surface area (Å²) in [5, 5.41) is 3.04. The van der Waals surface area contributed by atoms with Crippen LogP contribution in [0.25, 0.3) is 0 Å². The van der Waals surface area contributed by atoms with Crippen molar-refractivity contribution in [1.82, 2.24) is 5.32 Å². The Kier molecular flexibility index (Phi) is 3.02. The standard InChI is InChI=1S/C10H14N2O3S/c1-11-5-4-8-2-3-10-9(6-8)12-16(13,14)7-15-10/h2-3,6,11-12H,4-5,7H2,1H3. The number of sulfonamides is 1. The number of fused-ring (bicyclic) bond motifs is 1. The van der Waals surface area contributed by atoms with E-state index in [1.165, 1.54) is 0 Å². The zero-order valence-corrected chi connectivity index (χ0v) is 9.80. The fourth-order valence-electron chi connectivity index (χ4n) is 1.55. The van der Waals surface area contributed by atoms with Crippen molar-refractivity contribution in [3.8, 4) is 5.75 Å². The SMILES string of the molecule is CNCCc1ccc2c(c1)NS(=O)(=O)CO2. The smallest absolute Gasteiger partial charge is 0.268 e. The van der Waals surface area contributed by atoms with Gasteiger partial charge in [0.2, 0.25) is 5.94 Å². The van der Waals surface area contributed by atoms with Crippen molar-refractivity contribution in [1.29, 1.82) is 0 Å². The zero-order valence-electron chi connectivity index (χ0n) is 8.99. The maximum atomic E-state index is 11.3. The van der Waals surface area contributed by atoms with E-state index in [-0.39, 0.29) is 5.94 Å². The molecule has 16 heavy (non-hydrogen) atoms. The van der Waals surface area contributed by atoms with Crippen LogP contribution in [0, 0.1) is 0 Å². The molecular weight excluding hydrogens is 228 g/mol. The van der Waals surface area contributed by atoms with Crippen molar-refractivity contribution >= 4 is 15.7 Å². The predicted octanol–water partition coefficient (Wildman–Crippen LogP) is 0.540. The van der Waals surface area contributed by atoms with Crippen molar-refractivity contribution in [2.45, 2.75) is 6.42 Å². The van der Waals surface area contributed by atoms with Gasteiger partial charge in [0.1, 0.15) is 5.75 Å². The highest BCUT2D eigenvalue weighted by molar-refractivity contribution is 7.92. The molecule has 0 bridgehead atoms. The summed E-state index contributed by atoms with van der Waals surface area (Å²) in [6.45, 7) is 0.854. The second kappa shape index (κ2) is 4.31. The number of hydrogen-bond donors (Lipinski definition) is 2. The first kappa shape index (κ1) is 11.2. The molecule has 88 valence electrons. The summed E-state index contributed by atoms with van der Waals surface area (Å²) in [5.74, 6) is 0.276. The van der Waals surface area contributed by atoms with E-state index in [0.29, 0.717) is 11.4 Å². The van der Waals surface area contributed by atoms with E-state index in [4.69, 9.17) is 4.74 Å². The molecule has 0 fully saturated rings. The van der Waals surface area contributed by atoms with Crippen molar-refractivity contribution in [3.05, 3.63) is 23.8 Å². The van der Waals surface area contributed by atoms with E-state index in [9.17, 15) is 8.42 Å². The lowest BCUT2D eigenvalue weighted by Crippen LogP contribution is -2.25. The van der Waals surface area contributed by atoms with E-state index >= 15 is 0 Å². The van der Waals surface area contributed by atoms with Gasteiger partial charge in [-0.05, 0) is 37.7 Å². The molecule has 0 atom stereocenters. The third-order valence-corrected chi connectivity index (χ3v) is 3.30. The van der Waals surface area contributed by atoms with Crippen LogP contribution in [0.3, 0.4) is 0 Å². The molecule has 1 aromatic carbocycles.